The molecule has 1 aromatic heterocycles. The molecule has 4 aromatic carbocycles. The van der Waals surface area contributed by atoms with Crippen LogP contribution in [0.1, 0.15) is 15.9 Å². The van der Waals surface area contributed by atoms with Gasteiger partial charge in [0.15, 0.2) is 5.58 Å². The van der Waals surface area contributed by atoms with E-state index < -0.39 is 0 Å². The number of anilines is 1. The molecule has 0 aliphatic heterocycles. The first-order chi connectivity index (χ1) is 15.6. The SMILES string of the molecule is Cc1ccc2oc(-c3ccc(Cl)c(NC(=O)c4ccc(-c5ccccc5)cc4)c3)nc2c1. The number of nitrogens with zero attached hydrogens (tertiary/aromatic N) is 1. The standard InChI is InChI=1S/C27H19ClN2O2/c1-17-7-14-25-24(15-17)30-27(32-25)21-12-13-22(28)23(16-21)29-26(31)20-10-8-19(9-11-20)18-5-3-2-4-6-18/h2-16H,1H3,(H,29,31). The van der Waals surface area contributed by atoms with Crippen molar-refractivity contribution in [2.24, 2.45) is 0 Å². The molecule has 4 nitrogen and oxygen atoms in total. The normalized spacial score (nSPS) is 10.9. The van der Waals surface area contributed by atoms with Crippen LogP contribution in [0, 0.1) is 6.92 Å². The van der Waals surface area contributed by atoms with Crippen molar-refractivity contribution in [1.82, 2.24) is 4.98 Å². The van der Waals surface area contributed by atoms with E-state index in [1.54, 1.807) is 24.3 Å². The fourth-order valence-corrected chi connectivity index (χ4v) is 3.72. The van der Waals surface area contributed by atoms with Crippen molar-refractivity contribution in [3.05, 3.63) is 107 Å². The number of fused-ring (bicyclic) bond motifs is 1. The topological polar surface area (TPSA) is 55.1 Å². The smallest absolute Gasteiger partial charge is 0.255 e. The summed E-state index contributed by atoms with van der Waals surface area (Å²) in [5.74, 6) is 0.238. The van der Waals surface area contributed by atoms with Gasteiger partial charge in [-0.05, 0) is 66.1 Å². The summed E-state index contributed by atoms with van der Waals surface area (Å²) in [6, 6.07) is 28.7. The molecular weight excluding hydrogens is 420 g/mol. The van der Waals surface area contributed by atoms with Crippen molar-refractivity contribution in [2.75, 3.05) is 5.32 Å². The highest BCUT2D eigenvalue weighted by Gasteiger charge is 2.13. The van der Waals surface area contributed by atoms with Crippen LogP contribution in [0.25, 0.3) is 33.7 Å². The van der Waals surface area contributed by atoms with Crippen molar-refractivity contribution >= 4 is 34.3 Å². The van der Waals surface area contributed by atoms with Gasteiger partial charge in [-0.15, -0.1) is 0 Å². The van der Waals surface area contributed by atoms with Gasteiger partial charge in [-0.25, -0.2) is 4.98 Å². The number of oxazole rings is 1. The molecule has 0 fully saturated rings. The number of hydrogen-bond donors (Lipinski definition) is 1. The maximum Gasteiger partial charge on any atom is 0.255 e. The lowest BCUT2D eigenvalue weighted by molar-refractivity contribution is 0.102. The number of carbonyl (C=O) groups is 1. The van der Waals surface area contributed by atoms with Crippen LogP contribution in [0.4, 0.5) is 5.69 Å². The third-order valence-corrected chi connectivity index (χ3v) is 5.59. The molecule has 32 heavy (non-hydrogen) atoms. The van der Waals surface area contributed by atoms with Crippen molar-refractivity contribution in [1.29, 1.82) is 0 Å². The minimum atomic E-state index is -0.239. The van der Waals surface area contributed by atoms with E-state index in [4.69, 9.17) is 16.0 Å². The molecule has 0 aliphatic rings. The Morgan fingerprint density at radius 1 is 0.844 bits per heavy atom. The zero-order valence-electron chi connectivity index (χ0n) is 17.3. The van der Waals surface area contributed by atoms with Gasteiger partial charge in [-0.2, -0.15) is 0 Å². The Morgan fingerprint density at radius 3 is 2.34 bits per heavy atom. The fourth-order valence-electron chi connectivity index (χ4n) is 3.55. The van der Waals surface area contributed by atoms with E-state index in [9.17, 15) is 4.79 Å². The predicted molar refractivity (Wildman–Crippen MR) is 129 cm³/mol. The fraction of sp³-hybridized carbons (Fsp3) is 0.0370. The summed E-state index contributed by atoms with van der Waals surface area (Å²) in [4.78, 5) is 17.4. The number of amides is 1. The lowest BCUT2D eigenvalue weighted by Crippen LogP contribution is -2.12. The molecule has 0 spiro atoms. The third-order valence-electron chi connectivity index (χ3n) is 5.26. The van der Waals surface area contributed by atoms with E-state index in [-0.39, 0.29) is 5.91 Å². The molecule has 0 radical (unpaired) electrons. The highest BCUT2D eigenvalue weighted by Crippen LogP contribution is 2.31. The second-order valence-corrected chi connectivity index (χ2v) is 7.99. The molecule has 0 unspecified atom stereocenters. The lowest BCUT2D eigenvalue weighted by Gasteiger charge is -2.09. The molecule has 1 amide bonds. The van der Waals surface area contributed by atoms with Gasteiger partial charge >= 0.3 is 0 Å². The average molecular weight is 439 g/mol. The molecule has 0 aliphatic carbocycles. The molecule has 5 heteroatoms. The number of hydrogen-bond acceptors (Lipinski definition) is 3. The van der Waals surface area contributed by atoms with Gasteiger partial charge in [0.05, 0.1) is 10.7 Å². The van der Waals surface area contributed by atoms with Crippen LogP contribution >= 0.6 is 11.6 Å². The quantitative estimate of drug-likeness (QED) is 0.318. The van der Waals surface area contributed by atoms with Crippen molar-refractivity contribution in [3.63, 3.8) is 0 Å². The van der Waals surface area contributed by atoms with E-state index in [0.29, 0.717) is 27.7 Å². The molecule has 0 bridgehead atoms. The Bertz CT molecular complexity index is 1420. The minimum Gasteiger partial charge on any atom is -0.436 e. The summed E-state index contributed by atoms with van der Waals surface area (Å²) >= 11 is 6.35. The second kappa shape index (κ2) is 8.33. The number of nitrogens with one attached hydrogen (secondary N) is 1. The number of carbonyl (C=O) groups excluding carboxylic acids is 1. The first kappa shape index (κ1) is 20.0. The summed E-state index contributed by atoms with van der Waals surface area (Å²) in [6.07, 6.45) is 0. The summed E-state index contributed by atoms with van der Waals surface area (Å²) in [5, 5.41) is 3.34. The van der Waals surface area contributed by atoms with Crippen LogP contribution in [-0.2, 0) is 0 Å². The predicted octanol–water partition coefficient (Wildman–Crippen LogP) is 7.38. The number of rotatable bonds is 4. The van der Waals surface area contributed by atoms with E-state index in [0.717, 1.165) is 27.8 Å². The molecule has 5 rings (SSSR count). The molecule has 1 heterocycles. The minimum absolute atomic E-state index is 0.239. The third kappa shape index (κ3) is 4.01. The summed E-state index contributed by atoms with van der Waals surface area (Å²) < 4.78 is 5.88. The Morgan fingerprint density at radius 2 is 1.56 bits per heavy atom. The maximum absolute atomic E-state index is 12.8. The van der Waals surface area contributed by atoms with E-state index in [2.05, 4.69) is 10.3 Å². The van der Waals surface area contributed by atoms with Crippen molar-refractivity contribution in [3.8, 4) is 22.6 Å². The van der Waals surface area contributed by atoms with Gasteiger partial charge in [-0.1, -0.05) is 60.1 Å². The van der Waals surface area contributed by atoms with Gasteiger partial charge in [0.25, 0.3) is 5.91 Å². The van der Waals surface area contributed by atoms with Crippen LogP contribution in [0.3, 0.4) is 0 Å². The summed E-state index contributed by atoms with van der Waals surface area (Å²) in [6.45, 7) is 2.01. The molecule has 0 atom stereocenters. The van der Waals surface area contributed by atoms with Crippen LogP contribution in [0.2, 0.25) is 5.02 Å². The Hall–Kier alpha value is -3.89. The number of halogens is 1. The second-order valence-electron chi connectivity index (χ2n) is 7.58. The molecule has 5 aromatic rings. The molecular formula is C27H19ClN2O2. The van der Waals surface area contributed by atoms with Gasteiger partial charge in [0.2, 0.25) is 5.89 Å². The van der Waals surface area contributed by atoms with Gasteiger partial charge in [-0.3, -0.25) is 4.79 Å². The highest BCUT2D eigenvalue weighted by atomic mass is 35.5. The molecule has 1 N–H and O–H groups in total. The highest BCUT2D eigenvalue weighted by molar-refractivity contribution is 6.34. The number of aryl methyl sites for hydroxylation is 1. The lowest BCUT2D eigenvalue weighted by atomic mass is 10.0. The average Bonchev–Trinajstić information content (AvgIpc) is 3.24. The summed E-state index contributed by atoms with van der Waals surface area (Å²) in [5.41, 5.74) is 6.54. The Balaban J connectivity index is 1.39. The Labute approximate surface area is 190 Å². The zero-order valence-corrected chi connectivity index (χ0v) is 18.1. The van der Waals surface area contributed by atoms with Crippen molar-refractivity contribution in [2.45, 2.75) is 6.92 Å². The molecule has 156 valence electrons. The molecule has 0 saturated heterocycles. The first-order valence-corrected chi connectivity index (χ1v) is 10.6. The Kier molecular flexibility index (Phi) is 5.21. The van der Waals surface area contributed by atoms with Crippen LogP contribution < -0.4 is 5.32 Å². The van der Waals surface area contributed by atoms with Gasteiger partial charge in [0, 0.05) is 11.1 Å². The monoisotopic (exact) mass is 438 g/mol. The number of benzene rings is 4. The largest absolute Gasteiger partial charge is 0.436 e. The zero-order chi connectivity index (χ0) is 22.1. The molecule has 0 saturated carbocycles. The van der Waals surface area contributed by atoms with E-state index in [1.807, 2.05) is 73.7 Å². The van der Waals surface area contributed by atoms with E-state index >= 15 is 0 Å². The van der Waals surface area contributed by atoms with Crippen LogP contribution in [-0.4, -0.2) is 10.9 Å². The van der Waals surface area contributed by atoms with Crippen molar-refractivity contribution < 1.29 is 9.21 Å². The van der Waals surface area contributed by atoms with Crippen LogP contribution in [0.15, 0.2) is 95.4 Å². The number of aromatic nitrogens is 1. The summed E-state index contributed by atoms with van der Waals surface area (Å²) in [7, 11) is 0. The van der Waals surface area contributed by atoms with E-state index in [1.165, 1.54) is 0 Å². The van der Waals surface area contributed by atoms with Gasteiger partial charge < -0.3 is 9.73 Å². The van der Waals surface area contributed by atoms with Crippen LogP contribution in [0.5, 0.6) is 0 Å². The first-order valence-electron chi connectivity index (χ1n) is 10.2. The van der Waals surface area contributed by atoms with Gasteiger partial charge in [0.1, 0.15) is 5.52 Å². The maximum atomic E-state index is 12.8.